The maximum absolute atomic E-state index is 12.6. The zero-order valence-corrected chi connectivity index (χ0v) is 21.6. The van der Waals surface area contributed by atoms with Crippen molar-refractivity contribution in [2.45, 2.75) is 38.0 Å². The molecule has 3 aliphatic rings. The molecule has 38 heavy (non-hydrogen) atoms. The van der Waals surface area contributed by atoms with Gasteiger partial charge in [0.15, 0.2) is 11.7 Å². The first-order valence-electron chi connectivity index (χ1n) is 13.6. The number of aliphatic imine (C=N–C) groups is 2. The Balaban J connectivity index is 1.09. The second-order valence-electron chi connectivity index (χ2n) is 10.3. The van der Waals surface area contributed by atoms with Gasteiger partial charge < -0.3 is 20.3 Å². The van der Waals surface area contributed by atoms with E-state index in [9.17, 15) is 4.79 Å². The summed E-state index contributed by atoms with van der Waals surface area (Å²) in [5.74, 6) is 1.14. The highest BCUT2D eigenvalue weighted by molar-refractivity contribution is 6.16. The number of carbonyl (C=O) groups is 1. The third-order valence-electron chi connectivity index (χ3n) is 7.80. The van der Waals surface area contributed by atoms with Gasteiger partial charge in [-0.05, 0) is 53.3 Å². The molecule has 0 bridgehead atoms. The van der Waals surface area contributed by atoms with Crippen LogP contribution in [0.5, 0.6) is 0 Å². The number of carbonyl (C=O) groups excluding carboxylic acids is 1. The van der Waals surface area contributed by atoms with Crippen LogP contribution >= 0.6 is 0 Å². The number of cyclic esters (lactones) is 1. The predicted molar refractivity (Wildman–Crippen MR) is 151 cm³/mol. The quantitative estimate of drug-likeness (QED) is 0.224. The molecule has 1 saturated heterocycles. The summed E-state index contributed by atoms with van der Waals surface area (Å²) >= 11 is 0. The van der Waals surface area contributed by atoms with Gasteiger partial charge in [-0.1, -0.05) is 67.8 Å². The third-order valence-corrected chi connectivity index (χ3v) is 7.80. The average Bonchev–Trinajstić information content (AvgIpc) is 3.33. The van der Waals surface area contributed by atoms with Gasteiger partial charge in [-0.3, -0.25) is 0 Å². The minimum atomic E-state index is -0.423. The number of hydrogen-bond donors (Lipinski definition) is 1. The van der Waals surface area contributed by atoms with E-state index >= 15 is 0 Å². The monoisotopic (exact) mass is 507 g/mol. The second kappa shape index (κ2) is 10.7. The number of esters is 1. The Labute approximate surface area is 223 Å². The molecular formula is C31H33N5O2. The average molecular weight is 508 g/mol. The smallest absolute Gasteiger partial charge is 0.365 e. The zero-order valence-electron chi connectivity index (χ0n) is 21.6. The van der Waals surface area contributed by atoms with E-state index in [0.717, 1.165) is 22.0 Å². The number of nitrogens with two attached hydrogens (primary N) is 1. The van der Waals surface area contributed by atoms with Crippen molar-refractivity contribution in [1.82, 2.24) is 9.80 Å². The van der Waals surface area contributed by atoms with Gasteiger partial charge in [0, 0.05) is 37.9 Å². The van der Waals surface area contributed by atoms with E-state index in [2.05, 4.69) is 44.1 Å². The molecule has 0 aromatic heterocycles. The molecule has 0 radical (unpaired) electrons. The Morgan fingerprint density at radius 3 is 2.45 bits per heavy atom. The van der Waals surface area contributed by atoms with Crippen molar-refractivity contribution in [2.75, 3.05) is 26.2 Å². The summed E-state index contributed by atoms with van der Waals surface area (Å²) in [5, 5.41) is 2.09. The fourth-order valence-corrected chi connectivity index (χ4v) is 5.64. The highest BCUT2D eigenvalue weighted by Gasteiger charge is 2.27. The Morgan fingerprint density at radius 1 is 0.921 bits per heavy atom. The lowest BCUT2D eigenvalue weighted by atomic mass is 9.84. The van der Waals surface area contributed by atoms with Gasteiger partial charge in [-0.25, -0.2) is 14.8 Å². The first kappa shape index (κ1) is 24.2. The number of fused-ring (bicyclic) bond motifs is 1. The molecular weight excluding hydrogens is 474 g/mol. The number of piperazine rings is 1. The molecule has 6 rings (SSSR count). The van der Waals surface area contributed by atoms with Crippen LogP contribution in [0.15, 0.2) is 88.6 Å². The summed E-state index contributed by atoms with van der Waals surface area (Å²) in [6.07, 6.45) is 8.41. The van der Waals surface area contributed by atoms with Gasteiger partial charge >= 0.3 is 5.97 Å². The van der Waals surface area contributed by atoms with E-state index in [4.69, 9.17) is 10.5 Å². The number of guanidine groups is 1. The van der Waals surface area contributed by atoms with Crippen LogP contribution in [-0.4, -0.2) is 53.8 Å². The maximum Gasteiger partial charge on any atom is 0.365 e. The van der Waals surface area contributed by atoms with E-state index in [0.29, 0.717) is 49.7 Å². The van der Waals surface area contributed by atoms with E-state index in [-0.39, 0.29) is 0 Å². The van der Waals surface area contributed by atoms with Crippen LogP contribution in [0.25, 0.3) is 10.8 Å². The minimum absolute atomic E-state index is 0.320. The molecule has 1 saturated carbocycles. The normalized spacial score (nSPS) is 20.2. The Bertz CT molecular complexity index is 1410. The predicted octanol–water partition coefficient (Wildman–Crippen LogP) is 5.30. The van der Waals surface area contributed by atoms with E-state index < -0.39 is 5.97 Å². The number of ether oxygens (including phenoxy) is 1. The van der Waals surface area contributed by atoms with Crippen molar-refractivity contribution in [3.63, 3.8) is 0 Å². The fourth-order valence-electron chi connectivity index (χ4n) is 5.64. The summed E-state index contributed by atoms with van der Waals surface area (Å²) in [6.45, 7) is 2.86. The van der Waals surface area contributed by atoms with Crippen molar-refractivity contribution in [2.24, 2.45) is 15.7 Å². The topological polar surface area (TPSA) is 83.5 Å². The molecule has 1 aliphatic carbocycles. The van der Waals surface area contributed by atoms with Gasteiger partial charge in [0.1, 0.15) is 0 Å². The van der Waals surface area contributed by atoms with Crippen LogP contribution in [0, 0.1) is 0 Å². The van der Waals surface area contributed by atoms with Crippen molar-refractivity contribution in [3.8, 4) is 0 Å². The van der Waals surface area contributed by atoms with Crippen LogP contribution in [0.3, 0.4) is 0 Å². The van der Waals surface area contributed by atoms with Gasteiger partial charge in [-0.2, -0.15) is 0 Å². The molecule has 7 heteroatoms. The Hall–Kier alpha value is -4.13. The molecule has 0 unspecified atom stereocenters. The minimum Gasteiger partial charge on any atom is -0.402 e. The highest BCUT2D eigenvalue weighted by atomic mass is 16.6. The summed E-state index contributed by atoms with van der Waals surface area (Å²) < 4.78 is 5.55. The van der Waals surface area contributed by atoms with Gasteiger partial charge in [-0.15, -0.1) is 0 Å². The summed E-state index contributed by atoms with van der Waals surface area (Å²) in [6, 6.07) is 22.5. The van der Waals surface area contributed by atoms with Gasteiger partial charge in [0.05, 0.1) is 5.69 Å². The lowest BCUT2D eigenvalue weighted by molar-refractivity contribution is -0.130. The van der Waals surface area contributed by atoms with Crippen LogP contribution < -0.4 is 5.73 Å². The number of benzene rings is 3. The first-order valence-corrected chi connectivity index (χ1v) is 13.6. The molecule has 7 nitrogen and oxygen atoms in total. The van der Waals surface area contributed by atoms with E-state index in [1.165, 1.54) is 37.7 Å². The molecule has 2 fully saturated rings. The van der Waals surface area contributed by atoms with Crippen LogP contribution in [-0.2, 0) is 9.53 Å². The van der Waals surface area contributed by atoms with Crippen molar-refractivity contribution in [3.05, 3.63) is 89.8 Å². The molecule has 0 spiro atoms. The number of nitrogens with zero attached hydrogens (tertiary/aromatic N) is 4. The standard InChI is InChI=1S/C31H33N5O2/c32-31(33-25-15-13-23(14-16-25)22-7-2-1-3-8-22)36-19-17-35(18-20-36)21-28-30(37)38-29(34-28)27-12-6-10-24-9-4-5-11-26(24)27/h4-6,9-16,21-22H,1-3,7-8,17-20H2,(H2,32,33)/b28-21+. The second-order valence-corrected chi connectivity index (χ2v) is 10.3. The molecule has 2 N–H and O–H groups in total. The largest absolute Gasteiger partial charge is 0.402 e. The Morgan fingerprint density at radius 2 is 1.66 bits per heavy atom. The molecule has 194 valence electrons. The fraction of sp³-hybridized carbons (Fsp3) is 0.323. The number of hydrogen-bond acceptors (Lipinski definition) is 5. The summed E-state index contributed by atoms with van der Waals surface area (Å²) in [5.41, 5.74) is 9.81. The molecule has 2 heterocycles. The SMILES string of the molecule is NC(=Nc1ccc(C2CCCCC2)cc1)N1CCN(/C=C2/N=C(c3cccc4ccccc34)OC2=O)CC1. The molecule has 0 atom stereocenters. The lowest BCUT2D eigenvalue weighted by Gasteiger charge is -2.34. The lowest BCUT2D eigenvalue weighted by Crippen LogP contribution is -2.49. The molecule has 2 aliphatic heterocycles. The van der Waals surface area contributed by atoms with Crippen LogP contribution in [0.4, 0.5) is 5.69 Å². The third kappa shape index (κ3) is 5.14. The highest BCUT2D eigenvalue weighted by Crippen LogP contribution is 2.33. The molecule has 3 aromatic rings. The first-order chi connectivity index (χ1) is 18.6. The van der Waals surface area contributed by atoms with Crippen LogP contribution in [0.1, 0.15) is 49.1 Å². The number of rotatable bonds is 4. The van der Waals surface area contributed by atoms with Crippen molar-refractivity contribution in [1.29, 1.82) is 0 Å². The summed E-state index contributed by atoms with van der Waals surface area (Å²) in [4.78, 5) is 26.0. The van der Waals surface area contributed by atoms with E-state index in [1.807, 2.05) is 42.5 Å². The zero-order chi connectivity index (χ0) is 25.9. The Kier molecular flexibility index (Phi) is 6.82. The molecule has 3 aromatic carbocycles. The summed E-state index contributed by atoms with van der Waals surface area (Å²) in [7, 11) is 0. The van der Waals surface area contributed by atoms with Crippen LogP contribution in [0.2, 0.25) is 0 Å². The maximum atomic E-state index is 12.6. The van der Waals surface area contributed by atoms with Crippen molar-refractivity contribution < 1.29 is 9.53 Å². The van der Waals surface area contributed by atoms with Crippen molar-refractivity contribution >= 4 is 34.3 Å². The van der Waals surface area contributed by atoms with E-state index in [1.54, 1.807) is 6.20 Å². The van der Waals surface area contributed by atoms with Gasteiger partial charge in [0.25, 0.3) is 0 Å². The van der Waals surface area contributed by atoms with Gasteiger partial charge in [0.2, 0.25) is 5.90 Å². The molecule has 0 amide bonds.